The molecule has 1 aromatic carbocycles. The summed E-state index contributed by atoms with van der Waals surface area (Å²) in [5.41, 5.74) is 1.00. The fraction of sp³-hybridized carbons (Fsp3) is 0.759. The average molecular weight is 524 g/mol. The molecule has 6 nitrogen and oxygen atoms in total. The van der Waals surface area contributed by atoms with Crippen molar-refractivity contribution in [2.45, 2.75) is 88.7 Å². The Bertz CT molecular complexity index is 845. The van der Waals surface area contributed by atoms with Crippen molar-refractivity contribution in [2.75, 3.05) is 40.4 Å². The third-order valence-electron chi connectivity index (χ3n) is 8.29. The highest BCUT2D eigenvalue weighted by Gasteiger charge is 2.41. The van der Waals surface area contributed by atoms with Crippen molar-refractivity contribution in [3.63, 3.8) is 0 Å². The van der Waals surface area contributed by atoms with Gasteiger partial charge in [0.15, 0.2) is 0 Å². The fourth-order valence-electron chi connectivity index (χ4n) is 6.13. The first-order chi connectivity index (χ1) is 17.7. The Balaban J connectivity index is 1.66. The number of likely N-dealkylation sites (tertiary alicyclic amines) is 1. The van der Waals surface area contributed by atoms with Crippen molar-refractivity contribution in [1.82, 2.24) is 15.5 Å². The lowest BCUT2D eigenvalue weighted by Crippen LogP contribution is -2.54. The molecule has 1 aromatic rings. The molecular formula is C29H47F2N3O3. The Morgan fingerprint density at radius 2 is 2.03 bits per heavy atom. The van der Waals surface area contributed by atoms with E-state index in [4.69, 9.17) is 4.74 Å². The molecule has 1 aliphatic carbocycles. The number of amides is 2. The van der Waals surface area contributed by atoms with Gasteiger partial charge in [0, 0.05) is 58.2 Å². The number of piperidine rings is 1. The molecular weight excluding hydrogens is 476 g/mol. The number of ether oxygens (including phenoxy) is 1. The van der Waals surface area contributed by atoms with Gasteiger partial charge in [-0.15, -0.1) is 0 Å². The summed E-state index contributed by atoms with van der Waals surface area (Å²) in [4.78, 5) is 15.2. The zero-order valence-electron chi connectivity index (χ0n) is 22.9. The number of nitrogens with zero attached hydrogens (tertiary/aromatic N) is 1. The summed E-state index contributed by atoms with van der Waals surface area (Å²) in [6, 6.07) is 7.84. The Hall–Kier alpha value is -1.77. The van der Waals surface area contributed by atoms with Crippen molar-refractivity contribution < 1.29 is 23.4 Å². The maximum Gasteiger partial charge on any atom is 0.317 e. The second-order valence-electron chi connectivity index (χ2n) is 11.3. The number of hydrogen-bond acceptors (Lipinski definition) is 4. The van der Waals surface area contributed by atoms with Gasteiger partial charge in [-0.05, 0) is 76.8 Å². The van der Waals surface area contributed by atoms with Gasteiger partial charge >= 0.3 is 6.03 Å². The van der Waals surface area contributed by atoms with Crippen LogP contribution in [-0.2, 0) is 10.3 Å². The summed E-state index contributed by atoms with van der Waals surface area (Å²) in [7, 11) is 3.53. The number of alkyl halides is 2. The minimum atomic E-state index is -2.54. The molecule has 0 radical (unpaired) electrons. The number of benzene rings is 1. The summed E-state index contributed by atoms with van der Waals surface area (Å²) < 4.78 is 32.4. The highest BCUT2D eigenvalue weighted by molar-refractivity contribution is 5.74. The third-order valence-corrected chi connectivity index (χ3v) is 8.29. The van der Waals surface area contributed by atoms with E-state index in [2.05, 4.69) is 16.7 Å². The van der Waals surface area contributed by atoms with Gasteiger partial charge in [-0.1, -0.05) is 29.8 Å². The molecule has 1 saturated heterocycles. The number of rotatable bonds is 12. The van der Waals surface area contributed by atoms with E-state index in [-0.39, 0.29) is 36.8 Å². The maximum absolute atomic E-state index is 13.6. The van der Waals surface area contributed by atoms with Crippen LogP contribution < -0.4 is 10.6 Å². The highest BCUT2D eigenvalue weighted by atomic mass is 19.3. The lowest BCUT2D eigenvalue weighted by Gasteiger charge is -2.43. The van der Waals surface area contributed by atoms with Crippen LogP contribution in [-0.4, -0.2) is 68.4 Å². The average Bonchev–Trinajstić information content (AvgIpc) is 2.88. The van der Waals surface area contributed by atoms with Crippen molar-refractivity contribution in [3.05, 3.63) is 35.4 Å². The molecule has 1 saturated carbocycles. The lowest BCUT2D eigenvalue weighted by atomic mass is 9.74. The molecule has 0 spiro atoms. The molecule has 37 heavy (non-hydrogen) atoms. The molecule has 2 amide bonds. The lowest BCUT2D eigenvalue weighted by molar-refractivity contribution is -0.0567. The van der Waals surface area contributed by atoms with Crippen LogP contribution in [0.5, 0.6) is 0 Å². The topological polar surface area (TPSA) is 73.8 Å². The number of unbranched alkanes of at least 4 members (excludes halogenated alkanes) is 1. The molecule has 3 atom stereocenters. The van der Waals surface area contributed by atoms with Gasteiger partial charge in [-0.25, -0.2) is 13.6 Å². The van der Waals surface area contributed by atoms with Crippen LogP contribution in [0.4, 0.5) is 13.6 Å². The largest absolute Gasteiger partial charge is 0.385 e. The molecule has 1 heterocycles. The van der Waals surface area contributed by atoms with Crippen LogP contribution in [0.2, 0.25) is 0 Å². The fourth-order valence-corrected chi connectivity index (χ4v) is 6.13. The summed E-state index contributed by atoms with van der Waals surface area (Å²) >= 11 is 0. The number of nitrogens with one attached hydrogen (secondary N) is 2. The number of urea groups is 1. The molecule has 1 aliphatic heterocycles. The van der Waals surface area contributed by atoms with E-state index in [0.29, 0.717) is 51.9 Å². The smallest absolute Gasteiger partial charge is 0.317 e. The third kappa shape index (κ3) is 8.62. The van der Waals surface area contributed by atoms with Crippen molar-refractivity contribution in [3.8, 4) is 0 Å². The molecule has 210 valence electrons. The standard InChI is InChI=1S/C29H47F2N3O3/c1-22-8-6-9-24(18-22)29(36,13-4-5-17-37-3)25-10-7-16-34(21-25)27(35)33-26(20-32-2)19-23-11-14-28(30,31)15-12-23/h6,8-9,18,23,25-26,32,36H,4-5,7,10-17,19-21H2,1-3H3,(H,33,35)/t25-,26?,29-/m1/s1. The normalized spacial score (nSPS) is 22.9. The number of methoxy groups -OCH3 is 1. The van der Waals surface area contributed by atoms with Crippen molar-refractivity contribution in [1.29, 1.82) is 0 Å². The maximum atomic E-state index is 13.6. The number of aliphatic hydroxyl groups is 1. The first-order valence-corrected chi connectivity index (χ1v) is 14.0. The predicted octanol–water partition coefficient (Wildman–Crippen LogP) is 5.22. The van der Waals surface area contributed by atoms with Gasteiger partial charge in [-0.2, -0.15) is 0 Å². The van der Waals surface area contributed by atoms with Crippen molar-refractivity contribution in [2.24, 2.45) is 11.8 Å². The van der Waals surface area contributed by atoms with Crippen LogP contribution in [0.3, 0.4) is 0 Å². The first kappa shape index (κ1) is 29.8. The van der Waals surface area contributed by atoms with E-state index in [1.165, 1.54) is 0 Å². The van der Waals surface area contributed by atoms with E-state index in [1.807, 2.05) is 37.1 Å². The van der Waals surface area contributed by atoms with Crippen LogP contribution >= 0.6 is 0 Å². The van der Waals surface area contributed by atoms with Gasteiger partial charge < -0.3 is 25.4 Å². The number of aryl methyl sites for hydroxylation is 1. The minimum Gasteiger partial charge on any atom is -0.385 e. The molecule has 2 fully saturated rings. The van der Waals surface area contributed by atoms with E-state index < -0.39 is 11.5 Å². The monoisotopic (exact) mass is 523 g/mol. The Labute approximate surface area is 221 Å². The molecule has 0 aromatic heterocycles. The Morgan fingerprint density at radius 1 is 1.27 bits per heavy atom. The number of likely N-dealkylation sites (N-methyl/N-ethyl adjacent to an activating group) is 1. The van der Waals surface area contributed by atoms with E-state index >= 15 is 0 Å². The highest BCUT2D eigenvalue weighted by Crippen LogP contribution is 2.40. The SMILES string of the molecule is CNCC(CC1CCC(F)(F)CC1)NC(=O)N1CCC[C@@H]([C@@](O)(CCCCOC)c2cccc(C)c2)C1. The van der Waals surface area contributed by atoms with E-state index in [1.54, 1.807) is 7.11 Å². The van der Waals surface area contributed by atoms with Crippen molar-refractivity contribution >= 4 is 6.03 Å². The molecule has 8 heteroatoms. The van der Waals surface area contributed by atoms with E-state index in [0.717, 1.165) is 36.8 Å². The molecule has 0 bridgehead atoms. The van der Waals surface area contributed by atoms with Crippen LogP contribution in [0.25, 0.3) is 0 Å². The van der Waals surface area contributed by atoms with Gasteiger partial charge in [0.25, 0.3) is 0 Å². The first-order valence-electron chi connectivity index (χ1n) is 14.0. The number of hydrogen-bond donors (Lipinski definition) is 3. The van der Waals surface area contributed by atoms with Gasteiger partial charge in [-0.3, -0.25) is 0 Å². The zero-order chi connectivity index (χ0) is 26.9. The van der Waals surface area contributed by atoms with E-state index in [9.17, 15) is 18.7 Å². The summed E-state index contributed by atoms with van der Waals surface area (Å²) in [6.07, 6.45) is 5.60. The van der Waals surface area contributed by atoms with Gasteiger partial charge in [0.2, 0.25) is 5.92 Å². The number of carbonyl (C=O) groups excluding carboxylic acids is 1. The second-order valence-corrected chi connectivity index (χ2v) is 11.3. The molecule has 2 aliphatic rings. The van der Waals surface area contributed by atoms with Gasteiger partial charge in [0.05, 0.1) is 5.60 Å². The summed E-state index contributed by atoms with van der Waals surface area (Å²) in [6.45, 7) is 4.43. The predicted molar refractivity (Wildman–Crippen MR) is 143 cm³/mol. The molecule has 3 rings (SSSR count). The number of carbonyl (C=O) groups is 1. The second kappa shape index (κ2) is 13.9. The van der Waals surface area contributed by atoms with Gasteiger partial charge in [0.1, 0.15) is 0 Å². The van der Waals surface area contributed by atoms with Crippen LogP contribution in [0.1, 0.15) is 75.3 Å². The van der Waals surface area contributed by atoms with Crippen LogP contribution in [0, 0.1) is 18.8 Å². The minimum absolute atomic E-state index is 0.0619. The number of halogens is 2. The molecule has 1 unspecified atom stereocenters. The molecule has 3 N–H and O–H groups in total. The Morgan fingerprint density at radius 3 is 2.70 bits per heavy atom. The Kier molecular flexibility index (Phi) is 11.2. The zero-order valence-corrected chi connectivity index (χ0v) is 22.9. The summed E-state index contributed by atoms with van der Waals surface area (Å²) in [5, 5.41) is 18.4. The van der Waals surface area contributed by atoms with Crippen LogP contribution in [0.15, 0.2) is 24.3 Å². The summed E-state index contributed by atoms with van der Waals surface area (Å²) in [5.74, 6) is -2.41. The quantitative estimate of drug-likeness (QED) is 0.328.